The van der Waals surface area contributed by atoms with E-state index in [9.17, 15) is 9.59 Å². The molecule has 0 aliphatic carbocycles. The molecule has 0 spiro atoms. The van der Waals surface area contributed by atoms with Gasteiger partial charge in [-0.1, -0.05) is 60.1 Å². The SMILES string of the molecule is CC(C)c1nn(CC(=O)NCc2ccccc2)c(=O)c2ccc(Br)cc12. The number of nitrogens with zero attached hydrogens (tertiary/aromatic N) is 2. The average molecular weight is 414 g/mol. The van der Waals surface area contributed by atoms with Crippen LogP contribution in [-0.4, -0.2) is 15.7 Å². The van der Waals surface area contributed by atoms with E-state index in [1.807, 2.05) is 56.3 Å². The quantitative estimate of drug-likeness (QED) is 0.694. The number of hydrogen-bond donors (Lipinski definition) is 1. The van der Waals surface area contributed by atoms with Crippen molar-refractivity contribution in [1.82, 2.24) is 15.1 Å². The third-order valence-electron chi connectivity index (χ3n) is 4.12. The van der Waals surface area contributed by atoms with Crippen LogP contribution in [0.1, 0.15) is 31.0 Å². The molecule has 2 aromatic carbocycles. The first kappa shape index (κ1) is 18.3. The van der Waals surface area contributed by atoms with E-state index >= 15 is 0 Å². The zero-order chi connectivity index (χ0) is 18.7. The first-order chi connectivity index (χ1) is 12.5. The van der Waals surface area contributed by atoms with Gasteiger partial charge in [0, 0.05) is 16.4 Å². The van der Waals surface area contributed by atoms with Crippen LogP contribution in [0, 0.1) is 0 Å². The van der Waals surface area contributed by atoms with Crippen LogP contribution in [-0.2, 0) is 17.9 Å². The molecule has 3 rings (SSSR count). The van der Waals surface area contributed by atoms with E-state index in [1.165, 1.54) is 4.68 Å². The number of amides is 1. The van der Waals surface area contributed by atoms with Crippen LogP contribution in [0.25, 0.3) is 10.8 Å². The first-order valence-electron chi connectivity index (χ1n) is 8.46. The molecule has 1 heterocycles. The van der Waals surface area contributed by atoms with Gasteiger partial charge in [-0.3, -0.25) is 9.59 Å². The minimum atomic E-state index is -0.258. The Morgan fingerprint density at radius 1 is 1.15 bits per heavy atom. The van der Waals surface area contributed by atoms with Crippen LogP contribution in [0.3, 0.4) is 0 Å². The van der Waals surface area contributed by atoms with Gasteiger partial charge in [0.05, 0.1) is 11.1 Å². The molecule has 0 fully saturated rings. The Bertz CT molecular complexity index is 997. The Morgan fingerprint density at radius 3 is 2.58 bits per heavy atom. The minimum absolute atomic E-state index is 0.0998. The van der Waals surface area contributed by atoms with Gasteiger partial charge in [-0.25, -0.2) is 4.68 Å². The zero-order valence-corrected chi connectivity index (χ0v) is 16.3. The average Bonchev–Trinajstić information content (AvgIpc) is 2.63. The Kier molecular flexibility index (Phi) is 5.52. The monoisotopic (exact) mass is 413 g/mol. The second-order valence-corrected chi connectivity index (χ2v) is 7.37. The molecule has 0 unspecified atom stereocenters. The molecule has 0 saturated heterocycles. The van der Waals surface area contributed by atoms with Crippen molar-refractivity contribution in [3.05, 3.63) is 74.6 Å². The van der Waals surface area contributed by atoms with Gasteiger partial charge in [-0.05, 0) is 29.7 Å². The van der Waals surface area contributed by atoms with Crippen LogP contribution < -0.4 is 10.9 Å². The van der Waals surface area contributed by atoms with Gasteiger partial charge in [0.2, 0.25) is 5.91 Å². The summed E-state index contributed by atoms with van der Waals surface area (Å²) in [6, 6.07) is 15.1. The van der Waals surface area contributed by atoms with Crippen molar-refractivity contribution in [3.8, 4) is 0 Å². The number of aromatic nitrogens is 2. The van der Waals surface area contributed by atoms with Crippen molar-refractivity contribution in [2.24, 2.45) is 0 Å². The molecular formula is C20H20BrN3O2. The molecule has 1 amide bonds. The van der Waals surface area contributed by atoms with Crippen molar-refractivity contribution >= 4 is 32.6 Å². The maximum absolute atomic E-state index is 12.7. The lowest BCUT2D eigenvalue weighted by molar-refractivity contribution is -0.122. The van der Waals surface area contributed by atoms with Crippen LogP contribution in [0.15, 0.2) is 57.8 Å². The molecule has 0 atom stereocenters. The van der Waals surface area contributed by atoms with Crippen molar-refractivity contribution in [2.45, 2.75) is 32.9 Å². The van der Waals surface area contributed by atoms with Gasteiger partial charge in [-0.15, -0.1) is 0 Å². The van der Waals surface area contributed by atoms with E-state index in [-0.39, 0.29) is 23.9 Å². The van der Waals surface area contributed by atoms with Crippen molar-refractivity contribution in [2.75, 3.05) is 0 Å². The normalized spacial score (nSPS) is 11.1. The van der Waals surface area contributed by atoms with E-state index in [0.29, 0.717) is 11.9 Å². The third-order valence-corrected chi connectivity index (χ3v) is 4.62. The molecule has 6 heteroatoms. The Hall–Kier alpha value is -2.47. The summed E-state index contributed by atoms with van der Waals surface area (Å²) in [6.45, 7) is 4.36. The van der Waals surface area contributed by atoms with Crippen molar-refractivity contribution in [3.63, 3.8) is 0 Å². The zero-order valence-electron chi connectivity index (χ0n) is 14.7. The number of rotatable bonds is 5. The summed E-state index contributed by atoms with van der Waals surface area (Å²) in [4.78, 5) is 25.0. The molecule has 26 heavy (non-hydrogen) atoms. The van der Waals surface area contributed by atoms with Gasteiger partial charge in [0.25, 0.3) is 5.56 Å². The molecule has 3 aromatic rings. The highest BCUT2D eigenvalue weighted by molar-refractivity contribution is 9.10. The molecule has 0 aliphatic rings. The summed E-state index contributed by atoms with van der Waals surface area (Å²) < 4.78 is 2.15. The van der Waals surface area contributed by atoms with E-state index in [2.05, 4.69) is 26.3 Å². The Balaban J connectivity index is 1.87. The lowest BCUT2D eigenvalue weighted by Crippen LogP contribution is -2.34. The van der Waals surface area contributed by atoms with Crippen LogP contribution in [0.2, 0.25) is 0 Å². The predicted octanol–water partition coefficient (Wildman–Crippen LogP) is 3.60. The van der Waals surface area contributed by atoms with E-state index in [4.69, 9.17) is 0 Å². The molecular weight excluding hydrogens is 394 g/mol. The third kappa shape index (κ3) is 4.02. The summed E-state index contributed by atoms with van der Waals surface area (Å²) in [5, 5.41) is 8.68. The van der Waals surface area contributed by atoms with Gasteiger partial charge < -0.3 is 5.32 Å². The summed E-state index contributed by atoms with van der Waals surface area (Å²) >= 11 is 3.44. The number of carbonyl (C=O) groups is 1. The first-order valence-corrected chi connectivity index (χ1v) is 9.26. The van der Waals surface area contributed by atoms with Gasteiger partial charge in [0.1, 0.15) is 6.54 Å². The number of benzene rings is 2. The fourth-order valence-electron chi connectivity index (χ4n) is 2.81. The number of hydrogen-bond acceptors (Lipinski definition) is 3. The van der Waals surface area contributed by atoms with Crippen molar-refractivity contribution in [1.29, 1.82) is 0 Å². The number of nitrogens with one attached hydrogen (secondary N) is 1. The van der Waals surface area contributed by atoms with Crippen LogP contribution in [0.5, 0.6) is 0 Å². The number of halogens is 1. The Morgan fingerprint density at radius 2 is 1.88 bits per heavy atom. The summed E-state index contributed by atoms with van der Waals surface area (Å²) in [7, 11) is 0. The smallest absolute Gasteiger partial charge is 0.275 e. The summed E-state index contributed by atoms with van der Waals surface area (Å²) in [6.07, 6.45) is 0. The van der Waals surface area contributed by atoms with Crippen molar-refractivity contribution < 1.29 is 4.79 Å². The maximum atomic E-state index is 12.7. The van der Waals surface area contributed by atoms with E-state index < -0.39 is 0 Å². The lowest BCUT2D eigenvalue weighted by Gasteiger charge is -2.13. The molecule has 134 valence electrons. The summed E-state index contributed by atoms with van der Waals surface area (Å²) in [5.41, 5.74) is 1.55. The second kappa shape index (κ2) is 7.83. The molecule has 0 bridgehead atoms. The highest BCUT2D eigenvalue weighted by Crippen LogP contribution is 2.24. The standard InChI is InChI=1S/C20H20BrN3O2/c1-13(2)19-17-10-15(21)8-9-16(17)20(26)24(23-19)12-18(25)22-11-14-6-4-3-5-7-14/h3-10,13H,11-12H2,1-2H3,(H,22,25). The molecule has 0 saturated carbocycles. The predicted molar refractivity (Wildman–Crippen MR) is 106 cm³/mol. The van der Waals surface area contributed by atoms with Crippen LogP contribution >= 0.6 is 15.9 Å². The largest absolute Gasteiger partial charge is 0.350 e. The summed E-state index contributed by atoms with van der Waals surface area (Å²) in [5.74, 6) is -0.111. The van der Waals surface area contributed by atoms with Gasteiger partial charge >= 0.3 is 0 Å². The minimum Gasteiger partial charge on any atom is -0.350 e. The van der Waals surface area contributed by atoms with Crippen LogP contribution in [0.4, 0.5) is 0 Å². The fourth-order valence-corrected chi connectivity index (χ4v) is 3.17. The van der Waals surface area contributed by atoms with Gasteiger partial charge in [0.15, 0.2) is 0 Å². The molecule has 0 aliphatic heterocycles. The fraction of sp³-hybridized carbons (Fsp3) is 0.250. The second-order valence-electron chi connectivity index (χ2n) is 6.45. The molecule has 5 nitrogen and oxygen atoms in total. The molecule has 1 N–H and O–H groups in total. The lowest BCUT2D eigenvalue weighted by atomic mass is 10.0. The highest BCUT2D eigenvalue weighted by Gasteiger charge is 2.15. The van der Waals surface area contributed by atoms with E-state index in [1.54, 1.807) is 6.07 Å². The number of fused-ring (bicyclic) bond motifs is 1. The maximum Gasteiger partial charge on any atom is 0.275 e. The van der Waals surface area contributed by atoms with Gasteiger partial charge in [-0.2, -0.15) is 5.10 Å². The highest BCUT2D eigenvalue weighted by atomic mass is 79.9. The number of carbonyl (C=O) groups excluding carboxylic acids is 1. The topological polar surface area (TPSA) is 64.0 Å². The van der Waals surface area contributed by atoms with E-state index in [0.717, 1.165) is 21.1 Å². The molecule has 1 aromatic heterocycles. The Labute approximate surface area is 160 Å². The molecule has 0 radical (unpaired) electrons.